The zero-order valence-electron chi connectivity index (χ0n) is 16.2. The van der Waals surface area contributed by atoms with Crippen LogP contribution in [0.4, 0.5) is 0 Å². The molecule has 0 fully saturated rings. The Bertz CT molecular complexity index is 676. The highest BCUT2D eigenvalue weighted by Crippen LogP contribution is 2.34. The van der Waals surface area contributed by atoms with Crippen LogP contribution in [0.1, 0.15) is 62.4 Å². The van der Waals surface area contributed by atoms with E-state index in [-0.39, 0.29) is 11.3 Å². The molecule has 0 aromatic heterocycles. The lowest BCUT2D eigenvalue weighted by Gasteiger charge is -2.32. The Balaban J connectivity index is 2.20. The number of rotatable bonds is 10. The molecule has 0 aliphatic carbocycles. The zero-order chi connectivity index (χ0) is 19.0. The predicted octanol–water partition coefficient (Wildman–Crippen LogP) is 5.10. The van der Waals surface area contributed by atoms with Crippen molar-refractivity contribution in [3.8, 4) is 0 Å². The van der Waals surface area contributed by atoms with E-state index in [1.807, 2.05) is 81.4 Å². The second-order valence-corrected chi connectivity index (χ2v) is 7.54. The topological polar surface area (TPSA) is 52.3 Å². The van der Waals surface area contributed by atoms with Crippen molar-refractivity contribution in [3.63, 3.8) is 0 Å². The molecule has 26 heavy (non-hydrogen) atoms. The Labute approximate surface area is 157 Å². The molecular weight excluding hydrogens is 322 g/mol. The maximum Gasteiger partial charge on any atom is 0.199 e. The molecule has 3 heteroatoms. The molecule has 2 aromatic rings. The summed E-state index contributed by atoms with van der Waals surface area (Å²) in [5.74, 6) is 0.0194. The van der Waals surface area contributed by atoms with Crippen molar-refractivity contribution in [2.75, 3.05) is 6.61 Å². The molecular formula is C23H31NO2. The van der Waals surface area contributed by atoms with Crippen LogP contribution in [0.3, 0.4) is 0 Å². The fraction of sp³-hybridized carbons (Fsp3) is 0.435. The average Bonchev–Trinajstić information content (AvgIpc) is 2.65. The van der Waals surface area contributed by atoms with E-state index in [4.69, 9.17) is 10.5 Å². The van der Waals surface area contributed by atoms with Gasteiger partial charge in [-0.25, -0.2) is 0 Å². The smallest absolute Gasteiger partial charge is 0.199 e. The molecule has 0 heterocycles. The summed E-state index contributed by atoms with van der Waals surface area (Å²) >= 11 is 0. The van der Waals surface area contributed by atoms with Gasteiger partial charge in [0.05, 0.1) is 0 Å². The number of hydrogen-bond donors (Lipinski definition) is 1. The van der Waals surface area contributed by atoms with E-state index in [1.165, 1.54) is 0 Å². The van der Waals surface area contributed by atoms with E-state index in [0.717, 1.165) is 24.8 Å². The second-order valence-electron chi connectivity index (χ2n) is 7.54. The van der Waals surface area contributed by atoms with Gasteiger partial charge in [0, 0.05) is 17.7 Å². The summed E-state index contributed by atoms with van der Waals surface area (Å²) < 4.78 is 6.31. The molecule has 140 valence electrons. The van der Waals surface area contributed by atoms with E-state index in [2.05, 4.69) is 0 Å². The Morgan fingerprint density at radius 1 is 0.962 bits per heavy atom. The molecule has 0 aliphatic rings. The standard InChI is InChI=1S/C23H31NO2/c1-4-23(20-15-9-6-10-16-20,21(25)19-13-7-5-8-14-19)26-18-12-11-17-22(2,3)24/h5-10,13-16H,4,11-12,17-18,24H2,1-3H3. The van der Waals surface area contributed by atoms with E-state index >= 15 is 0 Å². The van der Waals surface area contributed by atoms with Crippen LogP contribution in [-0.4, -0.2) is 17.9 Å². The quantitative estimate of drug-likeness (QED) is 0.477. The van der Waals surface area contributed by atoms with Crippen molar-refractivity contribution >= 4 is 5.78 Å². The molecule has 0 aliphatic heterocycles. The number of carbonyl (C=O) groups excluding carboxylic acids is 1. The predicted molar refractivity (Wildman–Crippen MR) is 107 cm³/mol. The maximum absolute atomic E-state index is 13.4. The van der Waals surface area contributed by atoms with Crippen LogP contribution in [0.2, 0.25) is 0 Å². The van der Waals surface area contributed by atoms with E-state index in [1.54, 1.807) is 0 Å². The number of Topliss-reactive ketones (excluding diaryl/α,β-unsaturated/α-hetero) is 1. The molecule has 2 rings (SSSR count). The molecule has 0 saturated carbocycles. The SMILES string of the molecule is CCC(OCCCCC(C)(C)N)(C(=O)c1ccccc1)c1ccccc1. The van der Waals surface area contributed by atoms with Gasteiger partial charge in [0.25, 0.3) is 0 Å². The first kappa shape index (κ1) is 20.3. The number of ether oxygens (including phenoxy) is 1. The van der Waals surface area contributed by atoms with Gasteiger partial charge in [-0.1, -0.05) is 67.6 Å². The minimum absolute atomic E-state index is 0.0194. The van der Waals surface area contributed by atoms with Crippen molar-refractivity contribution in [3.05, 3.63) is 71.8 Å². The van der Waals surface area contributed by atoms with Crippen molar-refractivity contribution < 1.29 is 9.53 Å². The Kier molecular flexibility index (Phi) is 7.13. The Hall–Kier alpha value is -1.97. The van der Waals surface area contributed by atoms with Crippen molar-refractivity contribution in [2.45, 2.75) is 57.6 Å². The summed E-state index contributed by atoms with van der Waals surface area (Å²) in [6.45, 7) is 6.62. The highest BCUT2D eigenvalue weighted by Gasteiger charge is 2.40. The maximum atomic E-state index is 13.4. The van der Waals surface area contributed by atoms with Crippen LogP contribution in [0.25, 0.3) is 0 Å². The molecule has 0 amide bonds. The van der Waals surface area contributed by atoms with Crippen LogP contribution in [-0.2, 0) is 10.3 Å². The summed E-state index contributed by atoms with van der Waals surface area (Å²) in [6, 6.07) is 19.2. The largest absolute Gasteiger partial charge is 0.362 e. The van der Waals surface area contributed by atoms with Gasteiger partial charge in [-0.05, 0) is 45.1 Å². The third-order valence-electron chi connectivity index (χ3n) is 4.70. The normalized spacial score (nSPS) is 14.0. The number of benzene rings is 2. The lowest BCUT2D eigenvalue weighted by molar-refractivity contribution is -0.0337. The second kappa shape index (κ2) is 9.11. The first-order valence-electron chi connectivity index (χ1n) is 9.47. The fourth-order valence-corrected chi connectivity index (χ4v) is 3.21. The zero-order valence-corrected chi connectivity index (χ0v) is 16.2. The van der Waals surface area contributed by atoms with Gasteiger partial charge < -0.3 is 10.5 Å². The first-order valence-corrected chi connectivity index (χ1v) is 9.47. The molecule has 1 atom stereocenters. The Morgan fingerprint density at radius 3 is 2.08 bits per heavy atom. The third kappa shape index (κ3) is 5.26. The first-order chi connectivity index (χ1) is 12.4. The van der Waals surface area contributed by atoms with Crippen molar-refractivity contribution in [1.82, 2.24) is 0 Å². The third-order valence-corrected chi connectivity index (χ3v) is 4.70. The van der Waals surface area contributed by atoms with Gasteiger partial charge in [0.1, 0.15) is 0 Å². The van der Waals surface area contributed by atoms with Crippen LogP contribution < -0.4 is 5.73 Å². The number of nitrogens with two attached hydrogens (primary N) is 1. The average molecular weight is 354 g/mol. The van der Waals surface area contributed by atoms with E-state index in [9.17, 15) is 4.79 Å². The molecule has 0 radical (unpaired) electrons. The molecule has 1 unspecified atom stereocenters. The molecule has 0 saturated heterocycles. The Morgan fingerprint density at radius 2 is 1.54 bits per heavy atom. The van der Waals surface area contributed by atoms with Crippen molar-refractivity contribution in [2.24, 2.45) is 5.73 Å². The summed E-state index contributed by atoms with van der Waals surface area (Å²) in [6.07, 6.45) is 3.40. The number of unbranched alkanes of at least 4 members (excludes halogenated alkanes) is 1. The van der Waals surface area contributed by atoms with E-state index in [0.29, 0.717) is 18.6 Å². The number of carbonyl (C=O) groups is 1. The van der Waals surface area contributed by atoms with Crippen LogP contribution in [0, 0.1) is 0 Å². The molecule has 3 nitrogen and oxygen atoms in total. The van der Waals surface area contributed by atoms with Gasteiger partial charge in [-0.3, -0.25) is 4.79 Å². The van der Waals surface area contributed by atoms with E-state index < -0.39 is 5.60 Å². The van der Waals surface area contributed by atoms with Gasteiger partial charge in [-0.15, -0.1) is 0 Å². The lowest BCUT2D eigenvalue weighted by atomic mass is 9.83. The summed E-state index contributed by atoms with van der Waals surface area (Å²) in [5, 5.41) is 0. The van der Waals surface area contributed by atoms with Crippen LogP contribution in [0.5, 0.6) is 0 Å². The lowest BCUT2D eigenvalue weighted by Crippen LogP contribution is -2.39. The molecule has 0 spiro atoms. The molecule has 0 bridgehead atoms. The minimum Gasteiger partial charge on any atom is -0.362 e. The van der Waals surface area contributed by atoms with Crippen LogP contribution in [0.15, 0.2) is 60.7 Å². The monoisotopic (exact) mass is 353 g/mol. The van der Waals surface area contributed by atoms with Gasteiger partial charge in [-0.2, -0.15) is 0 Å². The summed E-state index contributed by atoms with van der Waals surface area (Å²) in [5.41, 5.74) is 6.54. The summed E-state index contributed by atoms with van der Waals surface area (Å²) in [7, 11) is 0. The highest BCUT2D eigenvalue weighted by atomic mass is 16.5. The molecule has 2 aromatic carbocycles. The fourth-order valence-electron chi connectivity index (χ4n) is 3.21. The van der Waals surface area contributed by atoms with Crippen LogP contribution >= 0.6 is 0 Å². The minimum atomic E-state index is -0.944. The van der Waals surface area contributed by atoms with Gasteiger partial charge >= 0.3 is 0 Å². The van der Waals surface area contributed by atoms with Gasteiger partial charge in [0.2, 0.25) is 0 Å². The highest BCUT2D eigenvalue weighted by molar-refractivity contribution is 6.03. The number of ketones is 1. The molecule has 2 N–H and O–H groups in total. The van der Waals surface area contributed by atoms with Crippen molar-refractivity contribution in [1.29, 1.82) is 0 Å². The van der Waals surface area contributed by atoms with Gasteiger partial charge in [0.15, 0.2) is 11.4 Å². The number of hydrogen-bond acceptors (Lipinski definition) is 3. The summed E-state index contributed by atoms with van der Waals surface area (Å²) in [4.78, 5) is 13.4.